The second-order valence-corrected chi connectivity index (χ2v) is 10.5. The Morgan fingerprint density at radius 3 is 2.03 bits per heavy atom. The lowest BCUT2D eigenvalue weighted by atomic mass is 9.92. The Morgan fingerprint density at radius 1 is 0.973 bits per heavy atom. The molecule has 3 amide bonds. The van der Waals surface area contributed by atoms with Crippen LogP contribution in [0.4, 0.5) is 10.5 Å². The third-order valence-corrected chi connectivity index (χ3v) is 5.93. The van der Waals surface area contributed by atoms with Crippen molar-refractivity contribution in [2.75, 3.05) is 12.4 Å². The lowest BCUT2D eigenvalue weighted by Crippen LogP contribution is -2.58. The van der Waals surface area contributed by atoms with E-state index in [1.807, 2.05) is 20.8 Å². The van der Waals surface area contributed by atoms with Gasteiger partial charge in [0.15, 0.2) is 0 Å². The Bertz CT molecular complexity index is 1070. The van der Waals surface area contributed by atoms with Gasteiger partial charge in [0.25, 0.3) is 5.91 Å². The SMILES string of the molecule is CCC(C)(C)N(C(=O)C(C)NC(=O)OC(C)(C)C)C(C(=O)Nc1ccc(OC)cc1)c1ccc(O)cc1. The molecular formula is C28H39N3O6. The van der Waals surface area contributed by atoms with E-state index in [0.717, 1.165) is 0 Å². The van der Waals surface area contributed by atoms with Crippen LogP contribution in [0.3, 0.4) is 0 Å². The summed E-state index contributed by atoms with van der Waals surface area (Å²) >= 11 is 0. The van der Waals surface area contributed by atoms with Crippen LogP contribution in [0.1, 0.15) is 66.5 Å². The average molecular weight is 514 g/mol. The van der Waals surface area contributed by atoms with Crippen molar-refractivity contribution in [2.24, 2.45) is 0 Å². The number of hydrogen-bond donors (Lipinski definition) is 3. The van der Waals surface area contributed by atoms with Crippen molar-refractivity contribution in [2.45, 2.75) is 78.1 Å². The first-order chi connectivity index (χ1) is 17.2. The largest absolute Gasteiger partial charge is 0.508 e. The number of nitrogens with zero attached hydrogens (tertiary/aromatic N) is 1. The summed E-state index contributed by atoms with van der Waals surface area (Å²) in [6, 6.07) is 10.9. The molecule has 0 aliphatic carbocycles. The number of aromatic hydroxyl groups is 1. The van der Waals surface area contributed by atoms with Crippen molar-refractivity contribution in [3.05, 3.63) is 54.1 Å². The van der Waals surface area contributed by atoms with Crippen molar-refractivity contribution >= 4 is 23.6 Å². The number of amides is 3. The summed E-state index contributed by atoms with van der Waals surface area (Å²) in [5, 5.41) is 15.3. The molecule has 9 nitrogen and oxygen atoms in total. The zero-order chi connectivity index (χ0) is 28.0. The number of carbonyl (C=O) groups is 3. The summed E-state index contributed by atoms with van der Waals surface area (Å²) in [5.41, 5.74) is -0.484. The molecule has 202 valence electrons. The van der Waals surface area contributed by atoms with E-state index >= 15 is 0 Å². The van der Waals surface area contributed by atoms with Crippen LogP contribution in [0.15, 0.2) is 48.5 Å². The molecule has 0 aliphatic heterocycles. The molecule has 0 heterocycles. The number of methoxy groups -OCH3 is 1. The van der Waals surface area contributed by atoms with Crippen LogP contribution in [0, 0.1) is 0 Å². The highest BCUT2D eigenvalue weighted by Crippen LogP contribution is 2.33. The van der Waals surface area contributed by atoms with E-state index in [1.54, 1.807) is 71.2 Å². The number of hydrogen-bond acceptors (Lipinski definition) is 6. The van der Waals surface area contributed by atoms with Crippen molar-refractivity contribution in [1.82, 2.24) is 10.2 Å². The molecule has 0 aliphatic rings. The number of phenols is 1. The van der Waals surface area contributed by atoms with E-state index < -0.39 is 41.1 Å². The summed E-state index contributed by atoms with van der Waals surface area (Å²) in [4.78, 5) is 41.5. The molecule has 0 saturated heterocycles. The van der Waals surface area contributed by atoms with E-state index in [0.29, 0.717) is 23.4 Å². The number of benzene rings is 2. The van der Waals surface area contributed by atoms with Crippen LogP contribution < -0.4 is 15.4 Å². The van der Waals surface area contributed by atoms with Gasteiger partial charge in [-0.25, -0.2) is 4.79 Å². The fourth-order valence-corrected chi connectivity index (χ4v) is 3.66. The van der Waals surface area contributed by atoms with Crippen LogP contribution >= 0.6 is 0 Å². The predicted octanol–water partition coefficient (Wildman–Crippen LogP) is 5.01. The number of anilines is 1. The molecule has 0 aromatic heterocycles. The number of phenolic OH excluding ortho intramolecular Hbond substituents is 1. The van der Waals surface area contributed by atoms with Crippen molar-refractivity contribution in [3.63, 3.8) is 0 Å². The zero-order valence-corrected chi connectivity index (χ0v) is 22.9. The second-order valence-electron chi connectivity index (χ2n) is 10.5. The quantitative estimate of drug-likeness (QED) is 0.434. The lowest BCUT2D eigenvalue weighted by Gasteiger charge is -2.44. The predicted molar refractivity (Wildman–Crippen MR) is 143 cm³/mol. The van der Waals surface area contributed by atoms with E-state index in [2.05, 4.69) is 10.6 Å². The molecule has 0 fully saturated rings. The van der Waals surface area contributed by atoms with Crippen molar-refractivity contribution < 1.29 is 29.0 Å². The van der Waals surface area contributed by atoms with Crippen molar-refractivity contribution in [3.8, 4) is 11.5 Å². The van der Waals surface area contributed by atoms with E-state index in [-0.39, 0.29) is 5.75 Å². The third kappa shape index (κ3) is 8.13. The van der Waals surface area contributed by atoms with Gasteiger partial charge in [-0.15, -0.1) is 0 Å². The maximum Gasteiger partial charge on any atom is 0.408 e. The minimum atomic E-state index is -1.06. The normalized spacial score (nSPS) is 13.2. The molecule has 9 heteroatoms. The molecule has 2 aromatic carbocycles. The summed E-state index contributed by atoms with van der Waals surface area (Å²) in [5.74, 6) is -0.236. The van der Waals surface area contributed by atoms with E-state index in [1.165, 1.54) is 17.0 Å². The third-order valence-electron chi connectivity index (χ3n) is 5.93. The number of ether oxygens (including phenoxy) is 2. The van der Waals surface area contributed by atoms with Gasteiger partial charge in [-0.3, -0.25) is 9.59 Å². The van der Waals surface area contributed by atoms with Gasteiger partial charge in [-0.05, 0) is 89.9 Å². The Balaban J connectivity index is 2.50. The highest BCUT2D eigenvalue weighted by molar-refractivity contribution is 5.99. The number of nitrogens with one attached hydrogen (secondary N) is 2. The van der Waals surface area contributed by atoms with Crippen LogP contribution in [-0.2, 0) is 14.3 Å². The number of carbonyl (C=O) groups excluding carboxylic acids is 3. The van der Waals surface area contributed by atoms with Crippen LogP contribution in [0.25, 0.3) is 0 Å². The number of alkyl carbamates (subject to hydrolysis) is 1. The van der Waals surface area contributed by atoms with Crippen LogP contribution in [-0.4, -0.2) is 52.2 Å². The Morgan fingerprint density at radius 2 is 1.54 bits per heavy atom. The van der Waals surface area contributed by atoms with Gasteiger partial charge in [-0.2, -0.15) is 0 Å². The first-order valence-electron chi connectivity index (χ1n) is 12.2. The lowest BCUT2D eigenvalue weighted by molar-refractivity contribution is -0.147. The second kappa shape index (κ2) is 12.0. The van der Waals surface area contributed by atoms with E-state index in [9.17, 15) is 19.5 Å². The Labute approximate surface area is 219 Å². The highest BCUT2D eigenvalue weighted by atomic mass is 16.6. The van der Waals surface area contributed by atoms with Gasteiger partial charge in [0, 0.05) is 11.2 Å². The summed E-state index contributed by atoms with van der Waals surface area (Å²) in [6.07, 6.45) is -0.200. The molecule has 2 aromatic rings. The molecule has 2 atom stereocenters. The molecule has 0 bridgehead atoms. The summed E-state index contributed by atoms with van der Waals surface area (Å²) in [7, 11) is 1.55. The maximum atomic E-state index is 13.9. The van der Waals surface area contributed by atoms with Crippen LogP contribution in [0.2, 0.25) is 0 Å². The smallest absolute Gasteiger partial charge is 0.408 e. The first-order valence-corrected chi connectivity index (χ1v) is 12.2. The Kier molecular flexibility index (Phi) is 9.55. The fourth-order valence-electron chi connectivity index (χ4n) is 3.66. The van der Waals surface area contributed by atoms with Crippen molar-refractivity contribution in [1.29, 1.82) is 0 Å². The monoisotopic (exact) mass is 513 g/mol. The van der Waals surface area contributed by atoms with Gasteiger partial charge < -0.3 is 30.1 Å². The van der Waals surface area contributed by atoms with Gasteiger partial charge in [0.05, 0.1) is 7.11 Å². The standard InChI is InChI=1S/C28H39N3O6/c1-9-28(6,7)31(25(34)18(2)29-26(35)37-27(3,4)5)23(19-10-14-21(32)15-11-19)24(33)30-20-12-16-22(36-8)17-13-20/h10-18,23,32H,9H2,1-8H3,(H,29,35)(H,30,33). The fraction of sp³-hybridized carbons (Fsp3) is 0.464. The van der Waals surface area contributed by atoms with Gasteiger partial charge >= 0.3 is 6.09 Å². The molecule has 2 unspecified atom stereocenters. The Hall–Kier alpha value is -3.75. The zero-order valence-electron chi connectivity index (χ0n) is 22.9. The van der Waals surface area contributed by atoms with Crippen LogP contribution in [0.5, 0.6) is 11.5 Å². The maximum absolute atomic E-state index is 13.9. The van der Waals surface area contributed by atoms with E-state index in [4.69, 9.17) is 9.47 Å². The topological polar surface area (TPSA) is 117 Å². The van der Waals surface area contributed by atoms with Gasteiger partial charge in [0.2, 0.25) is 5.91 Å². The highest BCUT2D eigenvalue weighted by Gasteiger charge is 2.42. The molecule has 37 heavy (non-hydrogen) atoms. The first kappa shape index (κ1) is 29.5. The molecule has 0 spiro atoms. The molecule has 0 saturated carbocycles. The minimum Gasteiger partial charge on any atom is -0.508 e. The average Bonchev–Trinajstić information content (AvgIpc) is 2.81. The van der Waals surface area contributed by atoms with Gasteiger partial charge in [-0.1, -0.05) is 19.1 Å². The molecule has 0 radical (unpaired) electrons. The molecule has 3 N–H and O–H groups in total. The summed E-state index contributed by atoms with van der Waals surface area (Å²) in [6.45, 7) is 12.4. The minimum absolute atomic E-state index is 0.0330. The number of rotatable bonds is 9. The summed E-state index contributed by atoms with van der Waals surface area (Å²) < 4.78 is 10.5. The molecule has 2 rings (SSSR count). The molecular weight excluding hydrogens is 474 g/mol. The van der Waals surface area contributed by atoms with Gasteiger partial charge in [0.1, 0.15) is 29.2 Å².